The summed E-state index contributed by atoms with van der Waals surface area (Å²) in [6, 6.07) is 0. The summed E-state index contributed by atoms with van der Waals surface area (Å²) in [4.78, 5) is 0. The van der Waals surface area contributed by atoms with Gasteiger partial charge in [0.1, 0.15) is 0 Å². The zero-order valence-electron chi connectivity index (χ0n) is 14.1. The molecule has 0 aromatic rings. The van der Waals surface area contributed by atoms with E-state index < -0.39 is 0 Å². The first kappa shape index (κ1) is 19.7. The number of rotatable bonds is 11. The third kappa shape index (κ3) is 9.64. The van der Waals surface area contributed by atoms with Crippen LogP contribution in [0.1, 0.15) is 77.0 Å². The highest BCUT2D eigenvalue weighted by Gasteiger charge is 2.14. The molecule has 0 N–H and O–H groups in total. The Bertz CT molecular complexity index is 221. The molecule has 0 bridgehead atoms. The topological polar surface area (TPSA) is 0 Å². The lowest BCUT2D eigenvalue weighted by Gasteiger charge is -2.20. The lowest BCUT2D eigenvalue weighted by Crippen LogP contribution is -2.06. The van der Waals surface area contributed by atoms with Crippen LogP contribution in [0, 0.1) is 0 Å². The van der Waals surface area contributed by atoms with E-state index in [0.29, 0.717) is 0 Å². The van der Waals surface area contributed by atoms with E-state index in [2.05, 4.69) is 47.0 Å². The number of hydrogen-bond donors (Lipinski definition) is 0. The Labute approximate surface area is 155 Å². The number of thioether (sulfide) groups is 4. The quantitative estimate of drug-likeness (QED) is 0.346. The standard InChI is InChI=1S/C18H34S4/c1(3-5-7-11-17-19-13-9-14-20-17)2-4-6-8-12-18-21-15-10-16-22-18/h17-18H,1-16H2. The summed E-state index contributed by atoms with van der Waals surface area (Å²) in [5, 5.41) is 0. The van der Waals surface area contributed by atoms with Gasteiger partial charge in [-0.3, -0.25) is 0 Å². The maximum absolute atomic E-state index is 2.21. The van der Waals surface area contributed by atoms with Crippen molar-refractivity contribution in [2.45, 2.75) is 86.2 Å². The van der Waals surface area contributed by atoms with Crippen molar-refractivity contribution in [1.82, 2.24) is 0 Å². The second kappa shape index (κ2) is 13.7. The van der Waals surface area contributed by atoms with Crippen LogP contribution in [0.3, 0.4) is 0 Å². The van der Waals surface area contributed by atoms with E-state index in [9.17, 15) is 0 Å². The molecule has 0 atom stereocenters. The predicted molar refractivity (Wildman–Crippen MR) is 113 cm³/mol. The van der Waals surface area contributed by atoms with Gasteiger partial charge in [0.15, 0.2) is 0 Å². The second-order valence-electron chi connectivity index (χ2n) is 6.46. The van der Waals surface area contributed by atoms with Gasteiger partial charge in [0.05, 0.1) is 9.16 Å². The van der Waals surface area contributed by atoms with Crippen LogP contribution in [0.15, 0.2) is 0 Å². The van der Waals surface area contributed by atoms with Crippen LogP contribution < -0.4 is 0 Å². The highest BCUT2D eigenvalue weighted by Crippen LogP contribution is 2.35. The van der Waals surface area contributed by atoms with Crippen molar-refractivity contribution in [2.75, 3.05) is 23.0 Å². The van der Waals surface area contributed by atoms with Crippen LogP contribution in [-0.2, 0) is 0 Å². The second-order valence-corrected chi connectivity index (χ2v) is 12.3. The molecule has 0 unspecified atom stereocenters. The Kier molecular flexibility index (Phi) is 12.2. The average Bonchev–Trinajstić information content (AvgIpc) is 2.58. The molecule has 0 saturated carbocycles. The largest absolute Gasteiger partial charge is 0.148 e. The van der Waals surface area contributed by atoms with Gasteiger partial charge in [-0.05, 0) is 48.7 Å². The van der Waals surface area contributed by atoms with Gasteiger partial charge in [-0.15, -0.1) is 47.0 Å². The molecule has 0 amide bonds. The Morgan fingerprint density at radius 1 is 0.455 bits per heavy atom. The third-order valence-electron chi connectivity index (χ3n) is 4.42. The molecule has 2 heterocycles. The van der Waals surface area contributed by atoms with Crippen LogP contribution in [-0.4, -0.2) is 32.2 Å². The van der Waals surface area contributed by atoms with E-state index in [1.807, 2.05) is 0 Å². The summed E-state index contributed by atoms with van der Waals surface area (Å²) in [5.41, 5.74) is 0. The SMILES string of the molecule is C(CCCCCC1SCCCS1)CCCCC1SCCCS1. The van der Waals surface area contributed by atoms with Gasteiger partial charge in [-0.2, -0.15) is 0 Å². The first-order chi connectivity index (χ1) is 10.9. The maximum Gasteiger partial charge on any atom is 0.0502 e. The maximum atomic E-state index is 2.21. The lowest BCUT2D eigenvalue weighted by atomic mass is 10.1. The predicted octanol–water partition coefficient (Wildman–Crippen LogP) is 7.28. The Balaban J connectivity index is 1.28. The Morgan fingerprint density at radius 3 is 1.14 bits per heavy atom. The van der Waals surface area contributed by atoms with E-state index in [4.69, 9.17) is 0 Å². The van der Waals surface area contributed by atoms with Crippen LogP contribution in [0.5, 0.6) is 0 Å². The molecule has 0 nitrogen and oxygen atoms in total. The molecule has 2 aliphatic rings. The van der Waals surface area contributed by atoms with E-state index in [1.165, 1.54) is 100 Å². The third-order valence-corrected chi connectivity index (χ3v) is 10.6. The number of unbranched alkanes of at least 4 members (excludes halogenated alkanes) is 7. The van der Waals surface area contributed by atoms with E-state index in [0.717, 1.165) is 9.16 Å². The van der Waals surface area contributed by atoms with Crippen molar-refractivity contribution in [3.8, 4) is 0 Å². The molecule has 2 fully saturated rings. The molecule has 2 saturated heterocycles. The highest BCUT2D eigenvalue weighted by atomic mass is 32.2. The highest BCUT2D eigenvalue weighted by molar-refractivity contribution is 8.17. The summed E-state index contributed by atoms with van der Waals surface area (Å²) >= 11 is 8.85. The van der Waals surface area contributed by atoms with E-state index >= 15 is 0 Å². The van der Waals surface area contributed by atoms with Crippen molar-refractivity contribution < 1.29 is 0 Å². The van der Waals surface area contributed by atoms with E-state index in [-0.39, 0.29) is 0 Å². The number of hydrogen-bond acceptors (Lipinski definition) is 4. The van der Waals surface area contributed by atoms with Crippen molar-refractivity contribution in [3.05, 3.63) is 0 Å². The summed E-state index contributed by atoms with van der Waals surface area (Å²) in [5.74, 6) is 5.65. The Morgan fingerprint density at radius 2 is 0.773 bits per heavy atom. The average molecular weight is 379 g/mol. The molecule has 22 heavy (non-hydrogen) atoms. The van der Waals surface area contributed by atoms with Crippen molar-refractivity contribution >= 4 is 47.0 Å². The fourth-order valence-corrected chi connectivity index (χ4v) is 9.01. The van der Waals surface area contributed by atoms with Crippen molar-refractivity contribution in [3.63, 3.8) is 0 Å². The van der Waals surface area contributed by atoms with Crippen molar-refractivity contribution in [2.24, 2.45) is 0 Å². The smallest absolute Gasteiger partial charge is 0.0502 e. The first-order valence-electron chi connectivity index (χ1n) is 9.41. The van der Waals surface area contributed by atoms with Crippen LogP contribution in [0.2, 0.25) is 0 Å². The van der Waals surface area contributed by atoms with Gasteiger partial charge < -0.3 is 0 Å². The minimum absolute atomic E-state index is 0.935. The zero-order valence-corrected chi connectivity index (χ0v) is 17.4. The minimum Gasteiger partial charge on any atom is -0.148 e. The molecule has 0 aromatic heterocycles. The summed E-state index contributed by atoms with van der Waals surface area (Å²) < 4.78 is 1.87. The normalized spacial score (nSPS) is 21.3. The molecular formula is C18H34S4. The van der Waals surface area contributed by atoms with Crippen LogP contribution in [0.4, 0.5) is 0 Å². The molecule has 130 valence electrons. The van der Waals surface area contributed by atoms with Gasteiger partial charge in [-0.25, -0.2) is 0 Å². The fourth-order valence-electron chi connectivity index (χ4n) is 3.09. The van der Waals surface area contributed by atoms with Gasteiger partial charge in [0.2, 0.25) is 0 Å². The van der Waals surface area contributed by atoms with Gasteiger partial charge in [-0.1, -0.05) is 51.4 Å². The molecule has 0 aliphatic carbocycles. The monoisotopic (exact) mass is 378 g/mol. The van der Waals surface area contributed by atoms with Gasteiger partial charge in [0, 0.05) is 0 Å². The molecule has 2 rings (SSSR count). The molecule has 0 spiro atoms. The Hall–Kier alpha value is 1.40. The van der Waals surface area contributed by atoms with Gasteiger partial charge >= 0.3 is 0 Å². The van der Waals surface area contributed by atoms with Crippen LogP contribution >= 0.6 is 47.0 Å². The summed E-state index contributed by atoms with van der Waals surface area (Å²) in [6.07, 6.45) is 17.6. The van der Waals surface area contributed by atoms with Gasteiger partial charge in [0.25, 0.3) is 0 Å². The summed E-state index contributed by atoms with van der Waals surface area (Å²) in [7, 11) is 0. The minimum atomic E-state index is 0.935. The molecule has 0 radical (unpaired) electrons. The van der Waals surface area contributed by atoms with Crippen molar-refractivity contribution in [1.29, 1.82) is 0 Å². The first-order valence-corrected chi connectivity index (χ1v) is 13.6. The fraction of sp³-hybridized carbons (Fsp3) is 1.00. The lowest BCUT2D eigenvalue weighted by molar-refractivity contribution is 0.560. The molecule has 4 heteroatoms. The molecular weight excluding hydrogens is 344 g/mol. The van der Waals surface area contributed by atoms with Crippen LogP contribution in [0.25, 0.3) is 0 Å². The van der Waals surface area contributed by atoms with E-state index in [1.54, 1.807) is 0 Å². The zero-order chi connectivity index (χ0) is 15.3. The molecule has 0 aromatic carbocycles. The molecule has 2 aliphatic heterocycles. The summed E-state index contributed by atoms with van der Waals surface area (Å²) in [6.45, 7) is 0.